The second-order valence-electron chi connectivity index (χ2n) is 7.20. The van der Waals surface area contributed by atoms with Crippen LogP contribution in [-0.2, 0) is 21.4 Å². The van der Waals surface area contributed by atoms with Gasteiger partial charge >= 0.3 is 0 Å². The maximum Gasteiger partial charge on any atom is 0.245 e. The molecule has 3 rings (SSSR count). The summed E-state index contributed by atoms with van der Waals surface area (Å²) >= 11 is 0. The first kappa shape index (κ1) is 20.7. The van der Waals surface area contributed by atoms with Crippen LogP contribution in [-0.4, -0.2) is 36.3 Å². The molecule has 0 aliphatic carbocycles. The summed E-state index contributed by atoms with van der Waals surface area (Å²) in [5.74, 6) is -2.08. The number of carbonyl (C=O) groups excluding carboxylic acids is 2. The van der Waals surface area contributed by atoms with E-state index in [0.29, 0.717) is 25.9 Å². The van der Waals surface area contributed by atoms with Gasteiger partial charge in [0.1, 0.15) is 0 Å². The molecule has 0 unspecified atom stereocenters. The summed E-state index contributed by atoms with van der Waals surface area (Å²) in [6.45, 7) is 4.62. The Bertz CT molecular complexity index is 891. The molecule has 29 heavy (non-hydrogen) atoms. The van der Waals surface area contributed by atoms with Gasteiger partial charge in [-0.25, -0.2) is 8.78 Å². The van der Waals surface area contributed by atoms with Crippen LogP contribution in [0.15, 0.2) is 61.2 Å². The summed E-state index contributed by atoms with van der Waals surface area (Å²) < 4.78 is 27.2. The Morgan fingerprint density at radius 1 is 1.07 bits per heavy atom. The van der Waals surface area contributed by atoms with Gasteiger partial charge in [-0.15, -0.1) is 0 Å². The smallest absolute Gasteiger partial charge is 0.245 e. The zero-order chi connectivity index (χ0) is 20.9. The number of carbonyl (C=O) groups is 2. The second-order valence-corrected chi connectivity index (χ2v) is 7.20. The molecular formula is C23H24F2N2O2. The monoisotopic (exact) mass is 398 g/mol. The number of benzene rings is 2. The molecule has 2 amide bonds. The van der Waals surface area contributed by atoms with Crippen molar-refractivity contribution >= 4 is 11.8 Å². The molecule has 1 saturated heterocycles. The SMILES string of the molecule is C=CC(=O)N1CCC(C(=O)NCCc2cccc(F)c2F)(c2ccccc2)CC1. The molecule has 0 aromatic heterocycles. The topological polar surface area (TPSA) is 49.4 Å². The molecule has 0 bridgehead atoms. The van der Waals surface area contributed by atoms with Gasteiger partial charge in [0, 0.05) is 19.6 Å². The van der Waals surface area contributed by atoms with E-state index >= 15 is 0 Å². The molecule has 1 N–H and O–H groups in total. The molecule has 0 atom stereocenters. The van der Waals surface area contributed by atoms with Crippen LogP contribution in [0.5, 0.6) is 0 Å². The highest BCUT2D eigenvalue weighted by Crippen LogP contribution is 2.36. The van der Waals surface area contributed by atoms with E-state index in [1.165, 1.54) is 18.2 Å². The quantitative estimate of drug-likeness (QED) is 0.759. The van der Waals surface area contributed by atoms with Crippen molar-refractivity contribution in [3.05, 3.63) is 83.9 Å². The highest BCUT2D eigenvalue weighted by atomic mass is 19.2. The maximum atomic E-state index is 13.8. The van der Waals surface area contributed by atoms with Crippen molar-refractivity contribution in [1.82, 2.24) is 10.2 Å². The van der Waals surface area contributed by atoms with Gasteiger partial charge in [-0.3, -0.25) is 9.59 Å². The molecule has 1 aliphatic rings. The molecule has 1 fully saturated rings. The van der Waals surface area contributed by atoms with Gasteiger partial charge in [0.25, 0.3) is 0 Å². The highest BCUT2D eigenvalue weighted by molar-refractivity contribution is 5.90. The van der Waals surface area contributed by atoms with E-state index in [0.717, 1.165) is 11.6 Å². The van der Waals surface area contributed by atoms with Crippen LogP contribution >= 0.6 is 0 Å². The van der Waals surface area contributed by atoms with E-state index in [-0.39, 0.29) is 30.3 Å². The Balaban J connectivity index is 1.73. The van der Waals surface area contributed by atoms with E-state index in [2.05, 4.69) is 11.9 Å². The van der Waals surface area contributed by atoms with E-state index in [1.54, 1.807) is 4.90 Å². The molecule has 2 aromatic carbocycles. The molecule has 0 radical (unpaired) electrons. The number of piperidine rings is 1. The first-order valence-corrected chi connectivity index (χ1v) is 9.66. The number of likely N-dealkylation sites (tertiary alicyclic amines) is 1. The third kappa shape index (κ3) is 4.36. The third-order valence-corrected chi connectivity index (χ3v) is 5.58. The molecule has 1 aliphatic heterocycles. The van der Waals surface area contributed by atoms with Crippen LogP contribution in [0.2, 0.25) is 0 Å². The van der Waals surface area contributed by atoms with Crippen molar-refractivity contribution in [1.29, 1.82) is 0 Å². The van der Waals surface area contributed by atoms with Crippen LogP contribution in [0.4, 0.5) is 8.78 Å². The normalized spacial score (nSPS) is 15.6. The van der Waals surface area contributed by atoms with Crippen molar-refractivity contribution in [2.24, 2.45) is 0 Å². The first-order chi connectivity index (χ1) is 14.0. The van der Waals surface area contributed by atoms with Gasteiger partial charge in [0.2, 0.25) is 11.8 Å². The van der Waals surface area contributed by atoms with Gasteiger partial charge in [-0.05, 0) is 42.5 Å². The number of rotatable bonds is 6. The average Bonchev–Trinajstić information content (AvgIpc) is 2.76. The molecule has 4 nitrogen and oxygen atoms in total. The molecule has 0 spiro atoms. The summed E-state index contributed by atoms with van der Waals surface area (Å²) in [4.78, 5) is 26.8. The Hall–Kier alpha value is -3.02. The van der Waals surface area contributed by atoms with Gasteiger partial charge in [-0.1, -0.05) is 49.0 Å². The number of nitrogens with one attached hydrogen (secondary N) is 1. The number of nitrogens with zero attached hydrogens (tertiary/aromatic N) is 1. The van der Waals surface area contributed by atoms with Crippen LogP contribution in [0.3, 0.4) is 0 Å². The minimum atomic E-state index is -0.895. The predicted octanol–water partition coefficient (Wildman–Crippen LogP) is 3.37. The zero-order valence-corrected chi connectivity index (χ0v) is 16.2. The fourth-order valence-electron chi connectivity index (χ4n) is 3.86. The Morgan fingerprint density at radius 3 is 2.41 bits per heavy atom. The summed E-state index contributed by atoms with van der Waals surface area (Å²) in [5.41, 5.74) is 0.352. The minimum absolute atomic E-state index is 0.145. The van der Waals surface area contributed by atoms with Crippen molar-refractivity contribution in [2.45, 2.75) is 24.7 Å². The van der Waals surface area contributed by atoms with E-state index < -0.39 is 17.0 Å². The molecule has 152 valence electrons. The summed E-state index contributed by atoms with van der Waals surface area (Å²) in [7, 11) is 0. The largest absolute Gasteiger partial charge is 0.355 e. The molecule has 1 heterocycles. The third-order valence-electron chi connectivity index (χ3n) is 5.58. The highest BCUT2D eigenvalue weighted by Gasteiger charge is 2.43. The van der Waals surface area contributed by atoms with Gasteiger partial charge in [0.15, 0.2) is 11.6 Å². The lowest BCUT2D eigenvalue weighted by atomic mass is 9.72. The molecule has 6 heteroatoms. The van der Waals surface area contributed by atoms with E-state index in [9.17, 15) is 18.4 Å². The number of halogens is 2. The Morgan fingerprint density at radius 2 is 1.76 bits per heavy atom. The van der Waals surface area contributed by atoms with Crippen LogP contribution in [0.25, 0.3) is 0 Å². The van der Waals surface area contributed by atoms with Crippen molar-refractivity contribution in [2.75, 3.05) is 19.6 Å². The van der Waals surface area contributed by atoms with Crippen molar-refractivity contribution in [3.63, 3.8) is 0 Å². The Kier molecular flexibility index (Phi) is 6.42. The number of hydrogen-bond acceptors (Lipinski definition) is 2. The van der Waals surface area contributed by atoms with Crippen LogP contribution in [0, 0.1) is 11.6 Å². The van der Waals surface area contributed by atoms with Crippen molar-refractivity contribution < 1.29 is 18.4 Å². The molecular weight excluding hydrogens is 374 g/mol. The fourth-order valence-corrected chi connectivity index (χ4v) is 3.86. The van der Waals surface area contributed by atoms with Gasteiger partial charge in [-0.2, -0.15) is 0 Å². The molecule has 0 saturated carbocycles. The predicted molar refractivity (Wildman–Crippen MR) is 107 cm³/mol. The summed E-state index contributed by atoms with van der Waals surface area (Å²) in [6.07, 6.45) is 2.44. The van der Waals surface area contributed by atoms with E-state index in [4.69, 9.17) is 0 Å². The standard InChI is InChI=1S/C23H24F2N2O2/c1-2-20(28)27-15-12-23(13-16-27,18-8-4-3-5-9-18)22(29)26-14-11-17-7-6-10-19(24)21(17)25/h2-10H,1,11-16H2,(H,26,29). The Labute approximate surface area is 169 Å². The summed E-state index contributed by atoms with van der Waals surface area (Å²) in [6, 6.07) is 13.5. The van der Waals surface area contributed by atoms with Gasteiger partial charge in [0.05, 0.1) is 5.41 Å². The fraction of sp³-hybridized carbons (Fsp3) is 0.304. The van der Waals surface area contributed by atoms with E-state index in [1.807, 2.05) is 30.3 Å². The van der Waals surface area contributed by atoms with Crippen molar-refractivity contribution in [3.8, 4) is 0 Å². The zero-order valence-electron chi connectivity index (χ0n) is 16.2. The average molecular weight is 398 g/mol. The first-order valence-electron chi connectivity index (χ1n) is 9.66. The number of hydrogen-bond donors (Lipinski definition) is 1. The molecule has 2 aromatic rings. The number of amides is 2. The van der Waals surface area contributed by atoms with Crippen LogP contribution in [0.1, 0.15) is 24.0 Å². The lowest BCUT2D eigenvalue weighted by Crippen LogP contribution is -2.52. The lowest BCUT2D eigenvalue weighted by molar-refractivity contribution is -0.133. The van der Waals surface area contributed by atoms with Crippen LogP contribution < -0.4 is 5.32 Å². The summed E-state index contributed by atoms with van der Waals surface area (Å²) in [5, 5.41) is 2.89. The second kappa shape index (κ2) is 8.99. The lowest BCUT2D eigenvalue weighted by Gasteiger charge is -2.40. The minimum Gasteiger partial charge on any atom is -0.355 e. The van der Waals surface area contributed by atoms with Gasteiger partial charge < -0.3 is 10.2 Å². The maximum absolute atomic E-state index is 13.8.